The SMILES string of the molecule is COC(=O)CC(NC(=O)C(CC(C)C)n1ccc(C)cc1=O)c1cncc(-c2c(C)cccc2Cl)c1. The first kappa shape index (κ1) is 27.1. The van der Waals surface area contributed by atoms with Crippen molar-refractivity contribution in [1.82, 2.24) is 14.9 Å². The second-order valence-electron chi connectivity index (χ2n) is 9.38. The normalized spacial score (nSPS) is 12.8. The topological polar surface area (TPSA) is 90.3 Å². The predicted octanol–water partition coefficient (Wildman–Crippen LogP) is 5.19. The molecule has 0 aliphatic heterocycles. The Morgan fingerprint density at radius 1 is 1.14 bits per heavy atom. The van der Waals surface area contributed by atoms with Gasteiger partial charge in [0.05, 0.1) is 19.6 Å². The van der Waals surface area contributed by atoms with E-state index in [-0.39, 0.29) is 23.8 Å². The largest absolute Gasteiger partial charge is 0.469 e. The number of hydrogen-bond acceptors (Lipinski definition) is 5. The molecule has 1 amide bonds. The van der Waals surface area contributed by atoms with Crippen LogP contribution < -0.4 is 10.9 Å². The minimum atomic E-state index is -0.736. The zero-order chi connectivity index (χ0) is 26.4. The predicted molar refractivity (Wildman–Crippen MR) is 141 cm³/mol. The quantitative estimate of drug-likeness (QED) is 0.401. The van der Waals surface area contributed by atoms with E-state index in [0.29, 0.717) is 17.0 Å². The van der Waals surface area contributed by atoms with Crippen LogP contribution >= 0.6 is 11.6 Å². The third-order valence-corrected chi connectivity index (χ3v) is 6.34. The van der Waals surface area contributed by atoms with Crippen LogP contribution in [0.15, 0.2) is 59.8 Å². The Hall–Kier alpha value is -3.45. The summed E-state index contributed by atoms with van der Waals surface area (Å²) in [7, 11) is 1.30. The highest BCUT2D eigenvalue weighted by Crippen LogP contribution is 2.32. The third kappa shape index (κ3) is 6.61. The Kier molecular flexibility index (Phi) is 9.04. The summed E-state index contributed by atoms with van der Waals surface area (Å²) in [6.45, 7) is 7.77. The number of halogens is 1. The lowest BCUT2D eigenvalue weighted by Crippen LogP contribution is -2.40. The van der Waals surface area contributed by atoms with Gasteiger partial charge in [-0.3, -0.25) is 19.4 Å². The number of nitrogens with one attached hydrogen (secondary N) is 1. The summed E-state index contributed by atoms with van der Waals surface area (Å²) in [6.07, 6.45) is 5.31. The molecule has 0 bridgehead atoms. The lowest BCUT2D eigenvalue weighted by Gasteiger charge is -2.25. The summed E-state index contributed by atoms with van der Waals surface area (Å²) >= 11 is 6.47. The molecule has 8 heteroatoms. The Labute approximate surface area is 216 Å². The van der Waals surface area contributed by atoms with Gasteiger partial charge in [-0.2, -0.15) is 0 Å². The van der Waals surface area contributed by atoms with Crippen LogP contribution in [0, 0.1) is 19.8 Å². The number of esters is 1. The van der Waals surface area contributed by atoms with Crippen molar-refractivity contribution in [3.8, 4) is 11.1 Å². The van der Waals surface area contributed by atoms with Crippen molar-refractivity contribution in [2.45, 2.75) is 52.6 Å². The zero-order valence-electron chi connectivity index (χ0n) is 21.2. The summed E-state index contributed by atoms with van der Waals surface area (Å²) in [5, 5.41) is 3.56. The van der Waals surface area contributed by atoms with Crippen molar-refractivity contribution < 1.29 is 14.3 Å². The highest BCUT2D eigenvalue weighted by molar-refractivity contribution is 6.33. The number of nitrogens with zero attached hydrogens (tertiary/aromatic N) is 2. The minimum absolute atomic E-state index is 0.0912. The molecule has 0 saturated heterocycles. The minimum Gasteiger partial charge on any atom is -0.469 e. The van der Waals surface area contributed by atoms with Crippen LogP contribution in [-0.4, -0.2) is 28.5 Å². The summed E-state index contributed by atoms with van der Waals surface area (Å²) < 4.78 is 6.34. The fraction of sp³-hybridized carbons (Fsp3) is 0.357. The van der Waals surface area contributed by atoms with Gasteiger partial charge >= 0.3 is 5.97 Å². The molecular weight excluding hydrogens is 478 g/mol. The van der Waals surface area contributed by atoms with Crippen molar-refractivity contribution in [3.05, 3.63) is 87.1 Å². The molecular formula is C28H32ClN3O4. The number of benzene rings is 1. The number of amides is 1. The number of pyridine rings is 2. The number of aryl methyl sites for hydroxylation is 2. The highest BCUT2D eigenvalue weighted by atomic mass is 35.5. The van der Waals surface area contributed by atoms with Crippen LogP contribution in [-0.2, 0) is 14.3 Å². The molecule has 3 aromatic rings. The molecule has 2 atom stereocenters. The van der Waals surface area contributed by atoms with E-state index in [1.54, 1.807) is 30.7 Å². The van der Waals surface area contributed by atoms with Crippen LogP contribution in [0.1, 0.15) is 55.5 Å². The molecule has 2 heterocycles. The average molecular weight is 510 g/mol. The van der Waals surface area contributed by atoms with E-state index in [9.17, 15) is 14.4 Å². The Morgan fingerprint density at radius 2 is 1.89 bits per heavy atom. The first-order chi connectivity index (χ1) is 17.1. The maximum atomic E-state index is 13.6. The van der Waals surface area contributed by atoms with E-state index in [0.717, 1.165) is 22.3 Å². The number of methoxy groups -OCH3 is 1. The number of rotatable bonds is 9. The summed E-state index contributed by atoms with van der Waals surface area (Å²) in [4.78, 5) is 42.9. The van der Waals surface area contributed by atoms with E-state index >= 15 is 0 Å². The molecule has 3 rings (SSSR count). The molecule has 0 aliphatic carbocycles. The van der Waals surface area contributed by atoms with Gasteiger partial charge < -0.3 is 14.6 Å². The standard InChI is InChI=1S/C28H32ClN3O4/c1-17(2)11-24(32-10-9-18(3)12-25(32)33)28(35)31-23(14-26(34)36-5)20-13-21(16-30-15-20)27-19(4)7-6-8-22(27)29/h6-10,12-13,15-17,23-24H,11,14H2,1-5H3,(H,31,35). The van der Waals surface area contributed by atoms with Crippen LogP contribution in [0.2, 0.25) is 5.02 Å². The van der Waals surface area contributed by atoms with Crippen LogP contribution in [0.25, 0.3) is 11.1 Å². The van der Waals surface area contributed by atoms with Crippen LogP contribution in [0.4, 0.5) is 0 Å². The van der Waals surface area contributed by atoms with Gasteiger partial charge in [-0.05, 0) is 61.1 Å². The maximum absolute atomic E-state index is 13.6. The van der Waals surface area contributed by atoms with E-state index in [4.69, 9.17) is 16.3 Å². The molecule has 1 N–H and O–H groups in total. The van der Waals surface area contributed by atoms with Gasteiger partial charge in [-0.15, -0.1) is 0 Å². The first-order valence-corrected chi connectivity index (χ1v) is 12.2. The zero-order valence-corrected chi connectivity index (χ0v) is 22.0. The summed E-state index contributed by atoms with van der Waals surface area (Å²) in [5.41, 5.74) is 3.78. The Balaban J connectivity index is 2.00. The molecule has 190 valence electrons. The van der Waals surface area contributed by atoms with Crippen molar-refractivity contribution >= 4 is 23.5 Å². The van der Waals surface area contributed by atoms with Gasteiger partial charge in [0.25, 0.3) is 5.56 Å². The van der Waals surface area contributed by atoms with Gasteiger partial charge in [0, 0.05) is 40.8 Å². The molecule has 0 fully saturated rings. The van der Waals surface area contributed by atoms with Crippen molar-refractivity contribution in [2.75, 3.05) is 7.11 Å². The fourth-order valence-electron chi connectivity index (χ4n) is 4.19. The molecule has 0 spiro atoms. The smallest absolute Gasteiger partial charge is 0.307 e. The van der Waals surface area contributed by atoms with Gasteiger partial charge in [-0.1, -0.05) is 37.6 Å². The number of aromatic nitrogens is 2. The van der Waals surface area contributed by atoms with E-state index in [2.05, 4.69) is 10.3 Å². The lowest BCUT2D eigenvalue weighted by atomic mass is 9.97. The Bertz CT molecular complexity index is 1280. The molecule has 7 nitrogen and oxygen atoms in total. The van der Waals surface area contributed by atoms with Crippen molar-refractivity contribution in [2.24, 2.45) is 5.92 Å². The fourth-order valence-corrected chi connectivity index (χ4v) is 4.52. The maximum Gasteiger partial charge on any atom is 0.307 e. The summed E-state index contributed by atoms with van der Waals surface area (Å²) in [6, 6.07) is 9.36. The first-order valence-electron chi connectivity index (χ1n) is 11.9. The van der Waals surface area contributed by atoms with Gasteiger partial charge in [0.1, 0.15) is 6.04 Å². The number of ether oxygens (including phenoxy) is 1. The summed E-state index contributed by atoms with van der Waals surface area (Å²) in [5.74, 6) is -0.684. The van der Waals surface area contributed by atoms with Gasteiger partial charge in [-0.25, -0.2) is 0 Å². The van der Waals surface area contributed by atoms with E-state index < -0.39 is 18.1 Å². The van der Waals surface area contributed by atoms with Crippen LogP contribution in [0.5, 0.6) is 0 Å². The molecule has 1 aromatic carbocycles. The average Bonchev–Trinajstić information content (AvgIpc) is 2.82. The lowest BCUT2D eigenvalue weighted by molar-refractivity contribution is -0.141. The second kappa shape index (κ2) is 12.0. The molecule has 36 heavy (non-hydrogen) atoms. The number of hydrogen-bond donors (Lipinski definition) is 1. The van der Waals surface area contributed by atoms with Gasteiger partial charge in [0.15, 0.2) is 0 Å². The number of carbonyl (C=O) groups excluding carboxylic acids is 2. The second-order valence-corrected chi connectivity index (χ2v) is 9.78. The molecule has 0 radical (unpaired) electrons. The molecule has 2 unspecified atom stereocenters. The monoisotopic (exact) mass is 509 g/mol. The third-order valence-electron chi connectivity index (χ3n) is 6.02. The number of carbonyl (C=O) groups is 2. The van der Waals surface area contributed by atoms with E-state index in [1.165, 1.54) is 17.7 Å². The highest BCUT2D eigenvalue weighted by Gasteiger charge is 2.27. The van der Waals surface area contributed by atoms with E-state index in [1.807, 2.05) is 45.9 Å². The van der Waals surface area contributed by atoms with Crippen molar-refractivity contribution in [1.29, 1.82) is 0 Å². The van der Waals surface area contributed by atoms with Crippen LogP contribution in [0.3, 0.4) is 0 Å². The molecule has 0 aliphatic rings. The van der Waals surface area contributed by atoms with Gasteiger partial charge in [0.2, 0.25) is 5.91 Å². The van der Waals surface area contributed by atoms with Crippen molar-refractivity contribution in [3.63, 3.8) is 0 Å². The molecule has 2 aromatic heterocycles. The molecule has 0 saturated carbocycles. The Morgan fingerprint density at radius 3 is 2.53 bits per heavy atom.